The number of rotatable bonds is 3. The molecule has 0 bridgehead atoms. The minimum Gasteiger partial charge on any atom is -0.350 e. The fourth-order valence-electron chi connectivity index (χ4n) is 2.37. The van der Waals surface area contributed by atoms with Crippen LogP contribution in [-0.4, -0.2) is 28.9 Å². The lowest BCUT2D eigenvalue weighted by Crippen LogP contribution is -2.30. The maximum atomic E-state index is 12.2. The molecule has 0 radical (unpaired) electrons. The summed E-state index contributed by atoms with van der Waals surface area (Å²) in [7, 11) is 0. The van der Waals surface area contributed by atoms with Crippen LogP contribution in [0.25, 0.3) is 10.8 Å². The number of hydrogen-bond acceptors (Lipinski definition) is 3. The molecule has 1 aliphatic rings. The summed E-state index contributed by atoms with van der Waals surface area (Å²) >= 11 is 1.97. The summed E-state index contributed by atoms with van der Waals surface area (Å²) in [6.45, 7) is 0.761. The summed E-state index contributed by atoms with van der Waals surface area (Å²) < 4.78 is 0. The third-order valence-electron chi connectivity index (χ3n) is 3.46. The molecule has 1 aromatic heterocycles. The molecule has 1 unspecified atom stereocenters. The largest absolute Gasteiger partial charge is 0.350 e. The molecule has 3 rings (SSSR count). The molecule has 3 nitrogen and oxygen atoms in total. The fraction of sp³-hybridized carbons (Fsp3) is 0.333. The van der Waals surface area contributed by atoms with E-state index < -0.39 is 0 Å². The fourth-order valence-corrected chi connectivity index (χ4v) is 3.65. The summed E-state index contributed by atoms with van der Waals surface area (Å²) in [6, 6.07) is 9.79. The van der Waals surface area contributed by atoms with Gasteiger partial charge in [-0.2, -0.15) is 11.8 Å². The second-order valence-electron chi connectivity index (χ2n) is 4.82. The number of fused-ring (bicyclic) bond motifs is 1. The van der Waals surface area contributed by atoms with Gasteiger partial charge >= 0.3 is 0 Å². The third kappa shape index (κ3) is 2.73. The van der Waals surface area contributed by atoms with E-state index in [4.69, 9.17) is 0 Å². The Balaban J connectivity index is 1.77. The van der Waals surface area contributed by atoms with Gasteiger partial charge in [0.25, 0.3) is 5.91 Å². The lowest BCUT2D eigenvalue weighted by atomic mass is 10.1. The van der Waals surface area contributed by atoms with E-state index >= 15 is 0 Å². The summed E-state index contributed by atoms with van der Waals surface area (Å²) in [6.07, 6.45) is 2.90. The van der Waals surface area contributed by atoms with Gasteiger partial charge in [0.15, 0.2) is 0 Å². The SMILES string of the molecule is O=C(NCC1CCSC1)c1nccc2ccccc12. The standard InChI is InChI=1S/C15H16N2OS/c18-15(17-9-11-6-8-19-10-11)14-13-4-2-1-3-12(13)5-7-16-14/h1-5,7,11H,6,8-10H2,(H,17,18). The summed E-state index contributed by atoms with van der Waals surface area (Å²) in [4.78, 5) is 16.5. The van der Waals surface area contributed by atoms with Gasteiger partial charge in [-0.25, -0.2) is 0 Å². The Labute approximate surface area is 116 Å². The Morgan fingerprint density at radius 2 is 2.26 bits per heavy atom. The molecular formula is C15H16N2OS. The first-order chi connectivity index (χ1) is 9.34. The van der Waals surface area contributed by atoms with Crippen molar-refractivity contribution in [1.82, 2.24) is 10.3 Å². The van der Waals surface area contributed by atoms with Crippen molar-refractivity contribution >= 4 is 28.4 Å². The van der Waals surface area contributed by atoms with Gasteiger partial charge in [-0.3, -0.25) is 9.78 Å². The van der Waals surface area contributed by atoms with Gasteiger partial charge in [0.05, 0.1) is 0 Å². The van der Waals surface area contributed by atoms with Crippen LogP contribution in [0.2, 0.25) is 0 Å². The van der Waals surface area contributed by atoms with Crippen LogP contribution < -0.4 is 5.32 Å². The molecule has 1 amide bonds. The second kappa shape index (κ2) is 5.61. The first kappa shape index (κ1) is 12.5. The van der Waals surface area contributed by atoms with Crippen molar-refractivity contribution in [3.63, 3.8) is 0 Å². The molecule has 1 N–H and O–H groups in total. The van der Waals surface area contributed by atoms with E-state index in [2.05, 4.69) is 10.3 Å². The molecule has 2 heterocycles. The van der Waals surface area contributed by atoms with Crippen LogP contribution >= 0.6 is 11.8 Å². The van der Waals surface area contributed by atoms with E-state index in [9.17, 15) is 4.79 Å². The van der Waals surface area contributed by atoms with Crippen molar-refractivity contribution in [2.75, 3.05) is 18.1 Å². The van der Waals surface area contributed by atoms with Gasteiger partial charge in [-0.15, -0.1) is 0 Å². The molecule has 2 aromatic rings. The summed E-state index contributed by atoms with van der Waals surface area (Å²) in [5, 5.41) is 4.99. The normalized spacial score (nSPS) is 18.6. The molecule has 0 spiro atoms. The first-order valence-corrected chi connectivity index (χ1v) is 7.70. The lowest BCUT2D eigenvalue weighted by Gasteiger charge is -2.10. The maximum absolute atomic E-state index is 12.2. The van der Waals surface area contributed by atoms with Crippen LogP contribution in [0.4, 0.5) is 0 Å². The Morgan fingerprint density at radius 1 is 1.37 bits per heavy atom. The van der Waals surface area contributed by atoms with Crippen LogP contribution in [0.1, 0.15) is 16.9 Å². The average Bonchev–Trinajstić information content (AvgIpc) is 2.97. The van der Waals surface area contributed by atoms with E-state index in [0.29, 0.717) is 11.6 Å². The number of carbonyl (C=O) groups is 1. The Hall–Kier alpha value is -1.55. The number of hydrogen-bond donors (Lipinski definition) is 1. The number of carbonyl (C=O) groups excluding carboxylic acids is 1. The number of nitrogens with zero attached hydrogens (tertiary/aromatic N) is 1. The molecule has 0 saturated carbocycles. The van der Waals surface area contributed by atoms with E-state index in [1.807, 2.05) is 42.1 Å². The van der Waals surface area contributed by atoms with Crippen molar-refractivity contribution in [2.24, 2.45) is 5.92 Å². The van der Waals surface area contributed by atoms with E-state index in [1.165, 1.54) is 12.2 Å². The Morgan fingerprint density at radius 3 is 3.11 bits per heavy atom. The highest BCUT2D eigenvalue weighted by Crippen LogP contribution is 2.22. The predicted molar refractivity (Wildman–Crippen MR) is 79.5 cm³/mol. The van der Waals surface area contributed by atoms with Crippen molar-refractivity contribution in [1.29, 1.82) is 0 Å². The Bertz CT molecular complexity index is 588. The average molecular weight is 272 g/mol. The van der Waals surface area contributed by atoms with Crippen molar-refractivity contribution in [3.8, 4) is 0 Å². The van der Waals surface area contributed by atoms with Gasteiger partial charge in [0.2, 0.25) is 0 Å². The quantitative estimate of drug-likeness (QED) is 0.934. The number of pyridine rings is 1. The van der Waals surface area contributed by atoms with Crippen LogP contribution in [0.3, 0.4) is 0 Å². The lowest BCUT2D eigenvalue weighted by molar-refractivity contribution is 0.0945. The molecule has 0 aliphatic carbocycles. The van der Waals surface area contributed by atoms with Gasteiger partial charge in [0.1, 0.15) is 5.69 Å². The summed E-state index contributed by atoms with van der Waals surface area (Å²) in [5.74, 6) is 2.92. The zero-order valence-corrected chi connectivity index (χ0v) is 11.5. The highest BCUT2D eigenvalue weighted by atomic mass is 32.2. The zero-order valence-electron chi connectivity index (χ0n) is 10.6. The topological polar surface area (TPSA) is 42.0 Å². The maximum Gasteiger partial charge on any atom is 0.270 e. The number of amides is 1. The molecule has 1 aromatic carbocycles. The summed E-state index contributed by atoms with van der Waals surface area (Å²) in [5.41, 5.74) is 0.531. The van der Waals surface area contributed by atoms with Crippen molar-refractivity contribution in [2.45, 2.75) is 6.42 Å². The minimum atomic E-state index is -0.0614. The monoisotopic (exact) mass is 272 g/mol. The molecule has 19 heavy (non-hydrogen) atoms. The molecule has 4 heteroatoms. The minimum absolute atomic E-state index is 0.0614. The van der Waals surface area contributed by atoms with Gasteiger partial charge in [-0.1, -0.05) is 24.3 Å². The zero-order chi connectivity index (χ0) is 13.1. The van der Waals surface area contributed by atoms with Crippen molar-refractivity contribution < 1.29 is 4.79 Å². The van der Waals surface area contributed by atoms with Crippen LogP contribution in [-0.2, 0) is 0 Å². The Kier molecular flexibility index (Phi) is 3.69. The molecular weight excluding hydrogens is 256 g/mol. The van der Waals surface area contributed by atoms with Gasteiger partial charge in [-0.05, 0) is 35.3 Å². The van der Waals surface area contributed by atoms with Crippen LogP contribution in [0, 0.1) is 5.92 Å². The van der Waals surface area contributed by atoms with Gasteiger partial charge < -0.3 is 5.32 Å². The van der Waals surface area contributed by atoms with Crippen LogP contribution in [0.5, 0.6) is 0 Å². The van der Waals surface area contributed by atoms with E-state index in [0.717, 1.165) is 23.1 Å². The number of thioether (sulfide) groups is 1. The number of aromatic nitrogens is 1. The van der Waals surface area contributed by atoms with E-state index in [1.54, 1.807) is 6.20 Å². The highest BCUT2D eigenvalue weighted by Gasteiger charge is 2.17. The molecule has 98 valence electrons. The van der Waals surface area contributed by atoms with Gasteiger partial charge in [0, 0.05) is 18.1 Å². The second-order valence-corrected chi connectivity index (χ2v) is 5.97. The smallest absolute Gasteiger partial charge is 0.270 e. The van der Waals surface area contributed by atoms with Crippen LogP contribution in [0.15, 0.2) is 36.5 Å². The third-order valence-corrected chi connectivity index (χ3v) is 4.70. The number of benzene rings is 1. The molecule has 1 aliphatic heterocycles. The number of nitrogens with one attached hydrogen (secondary N) is 1. The highest BCUT2D eigenvalue weighted by molar-refractivity contribution is 7.99. The molecule has 1 saturated heterocycles. The molecule has 1 atom stereocenters. The van der Waals surface area contributed by atoms with E-state index in [-0.39, 0.29) is 5.91 Å². The van der Waals surface area contributed by atoms with Crippen molar-refractivity contribution in [3.05, 3.63) is 42.2 Å². The molecule has 1 fully saturated rings. The predicted octanol–water partition coefficient (Wildman–Crippen LogP) is 2.72. The first-order valence-electron chi connectivity index (χ1n) is 6.54.